The second kappa shape index (κ2) is 6.02. The van der Waals surface area contributed by atoms with Crippen LogP contribution in [0.5, 0.6) is 0 Å². The first-order valence-corrected chi connectivity index (χ1v) is 7.74. The Labute approximate surface area is 129 Å². The van der Waals surface area contributed by atoms with Crippen molar-refractivity contribution in [2.75, 3.05) is 44.2 Å². The molecule has 0 bridgehead atoms. The Morgan fingerprint density at radius 3 is 2.50 bits per heavy atom. The number of oxazole rings is 1. The molecule has 0 saturated carbocycles. The molecule has 2 aliphatic heterocycles. The fourth-order valence-electron chi connectivity index (χ4n) is 3.19. The number of likely N-dealkylation sites (tertiary alicyclic amines) is 1. The Morgan fingerprint density at radius 1 is 1.05 bits per heavy atom. The normalized spacial score (nSPS) is 21.0. The Bertz CT molecular complexity index is 575. The smallest absolute Gasteiger partial charge is 0.225 e. The van der Waals surface area contributed by atoms with Crippen molar-refractivity contribution >= 4 is 5.95 Å². The van der Waals surface area contributed by atoms with E-state index in [0.717, 1.165) is 57.5 Å². The highest BCUT2D eigenvalue weighted by atomic mass is 16.3. The number of piperazine rings is 1. The molecule has 22 heavy (non-hydrogen) atoms. The van der Waals surface area contributed by atoms with Crippen LogP contribution < -0.4 is 4.90 Å². The highest BCUT2D eigenvalue weighted by Crippen LogP contribution is 2.20. The van der Waals surface area contributed by atoms with E-state index in [1.54, 1.807) is 6.26 Å². The first-order valence-electron chi connectivity index (χ1n) is 7.74. The molecule has 0 aliphatic carbocycles. The zero-order valence-corrected chi connectivity index (χ0v) is 12.5. The lowest BCUT2D eigenvalue weighted by Crippen LogP contribution is -2.62. The highest BCUT2D eigenvalue weighted by Gasteiger charge is 2.33. The molecule has 0 amide bonds. The van der Waals surface area contributed by atoms with E-state index in [4.69, 9.17) is 4.42 Å². The minimum Gasteiger partial charge on any atom is -0.451 e. The largest absolute Gasteiger partial charge is 0.451 e. The van der Waals surface area contributed by atoms with Crippen molar-refractivity contribution in [3.63, 3.8) is 0 Å². The first kappa shape index (κ1) is 13.7. The van der Waals surface area contributed by atoms with Gasteiger partial charge in [-0.15, -0.1) is 0 Å². The number of hydrogen-bond acceptors (Lipinski definition) is 7. The summed E-state index contributed by atoms with van der Waals surface area (Å²) in [5.41, 5.74) is 1.02. The fourth-order valence-corrected chi connectivity index (χ4v) is 3.19. The summed E-state index contributed by atoms with van der Waals surface area (Å²) in [4.78, 5) is 20.1. The number of rotatable bonds is 4. The van der Waals surface area contributed by atoms with Gasteiger partial charge in [0.05, 0.1) is 5.69 Å². The molecular weight excluding hydrogens is 280 g/mol. The lowest BCUT2D eigenvalue weighted by molar-refractivity contribution is 0.0247. The second-order valence-corrected chi connectivity index (χ2v) is 5.90. The molecule has 7 heteroatoms. The van der Waals surface area contributed by atoms with Gasteiger partial charge >= 0.3 is 0 Å². The van der Waals surface area contributed by atoms with Crippen molar-refractivity contribution in [3.05, 3.63) is 36.8 Å². The van der Waals surface area contributed by atoms with Gasteiger partial charge in [-0.25, -0.2) is 15.0 Å². The second-order valence-electron chi connectivity index (χ2n) is 5.90. The van der Waals surface area contributed by atoms with Crippen LogP contribution in [0, 0.1) is 0 Å². The Kier molecular flexibility index (Phi) is 3.74. The SMILES string of the molecule is c1cnc(N2CCN(C3CN(Cc4cocn4)C3)CC2)nc1. The number of hydrogen-bond donors (Lipinski definition) is 0. The summed E-state index contributed by atoms with van der Waals surface area (Å²) < 4.78 is 5.02. The third kappa shape index (κ3) is 2.82. The highest BCUT2D eigenvalue weighted by molar-refractivity contribution is 5.29. The zero-order chi connectivity index (χ0) is 14.8. The van der Waals surface area contributed by atoms with Gasteiger partial charge in [0.1, 0.15) is 6.26 Å². The van der Waals surface area contributed by atoms with Crippen LogP contribution in [0.4, 0.5) is 5.95 Å². The van der Waals surface area contributed by atoms with Gasteiger partial charge in [0.15, 0.2) is 6.39 Å². The van der Waals surface area contributed by atoms with Crippen molar-refractivity contribution in [1.82, 2.24) is 24.8 Å². The van der Waals surface area contributed by atoms with E-state index in [1.165, 1.54) is 6.39 Å². The van der Waals surface area contributed by atoms with Crippen molar-refractivity contribution in [2.45, 2.75) is 12.6 Å². The standard InChI is InChI=1S/C15H20N6O/c1-2-16-15(17-3-1)21-6-4-20(5-7-21)14-9-19(10-14)8-13-11-22-12-18-13/h1-3,11-12,14H,4-10H2. The van der Waals surface area contributed by atoms with Gasteiger partial charge in [0.25, 0.3) is 0 Å². The van der Waals surface area contributed by atoms with Gasteiger partial charge in [-0.1, -0.05) is 0 Å². The summed E-state index contributed by atoms with van der Waals surface area (Å²) in [7, 11) is 0. The summed E-state index contributed by atoms with van der Waals surface area (Å²) in [5, 5.41) is 0. The topological polar surface area (TPSA) is 61.5 Å². The molecule has 4 heterocycles. The molecule has 0 aromatic carbocycles. The van der Waals surface area contributed by atoms with Gasteiger partial charge in [-0.2, -0.15) is 0 Å². The van der Waals surface area contributed by atoms with Gasteiger partial charge < -0.3 is 9.32 Å². The average molecular weight is 300 g/mol. The molecule has 2 saturated heterocycles. The first-order chi connectivity index (χ1) is 10.9. The number of aromatic nitrogens is 3. The van der Waals surface area contributed by atoms with E-state index < -0.39 is 0 Å². The molecule has 7 nitrogen and oxygen atoms in total. The van der Waals surface area contributed by atoms with Crippen LogP contribution >= 0.6 is 0 Å². The molecule has 2 aliphatic rings. The van der Waals surface area contributed by atoms with Gasteiger partial charge in [-0.3, -0.25) is 9.80 Å². The predicted molar refractivity (Wildman–Crippen MR) is 81.4 cm³/mol. The average Bonchev–Trinajstić information content (AvgIpc) is 3.05. The molecule has 0 spiro atoms. The number of nitrogens with zero attached hydrogens (tertiary/aromatic N) is 6. The fraction of sp³-hybridized carbons (Fsp3) is 0.533. The van der Waals surface area contributed by atoms with Crippen molar-refractivity contribution in [3.8, 4) is 0 Å². The zero-order valence-electron chi connectivity index (χ0n) is 12.5. The van der Waals surface area contributed by atoms with E-state index in [9.17, 15) is 0 Å². The maximum absolute atomic E-state index is 5.02. The Hall–Kier alpha value is -1.99. The molecular formula is C15H20N6O. The quantitative estimate of drug-likeness (QED) is 0.813. The van der Waals surface area contributed by atoms with E-state index in [1.807, 2.05) is 18.5 Å². The predicted octanol–water partition coefficient (Wildman–Crippen LogP) is 0.471. The van der Waals surface area contributed by atoms with Gasteiger partial charge in [0, 0.05) is 64.2 Å². The van der Waals surface area contributed by atoms with Crippen LogP contribution in [0.25, 0.3) is 0 Å². The van der Waals surface area contributed by atoms with E-state index in [2.05, 4.69) is 29.7 Å². The van der Waals surface area contributed by atoms with Crippen LogP contribution in [0.15, 0.2) is 35.5 Å². The van der Waals surface area contributed by atoms with Crippen LogP contribution in [0.2, 0.25) is 0 Å². The number of anilines is 1. The molecule has 2 fully saturated rings. The van der Waals surface area contributed by atoms with E-state index in [-0.39, 0.29) is 0 Å². The monoisotopic (exact) mass is 300 g/mol. The lowest BCUT2D eigenvalue weighted by Gasteiger charge is -2.48. The molecule has 0 radical (unpaired) electrons. The molecule has 4 rings (SSSR count). The minimum atomic E-state index is 0.672. The Morgan fingerprint density at radius 2 is 1.82 bits per heavy atom. The van der Waals surface area contributed by atoms with Crippen molar-refractivity contribution in [2.24, 2.45) is 0 Å². The summed E-state index contributed by atoms with van der Waals surface area (Å²) >= 11 is 0. The summed E-state index contributed by atoms with van der Waals surface area (Å²) in [6.07, 6.45) is 6.84. The van der Waals surface area contributed by atoms with Gasteiger partial charge in [-0.05, 0) is 6.07 Å². The maximum atomic E-state index is 5.02. The third-order valence-electron chi connectivity index (χ3n) is 4.47. The summed E-state index contributed by atoms with van der Waals surface area (Å²) in [5.74, 6) is 0.850. The molecule has 0 N–H and O–H groups in total. The lowest BCUT2D eigenvalue weighted by atomic mass is 10.1. The van der Waals surface area contributed by atoms with E-state index in [0.29, 0.717) is 6.04 Å². The van der Waals surface area contributed by atoms with E-state index >= 15 is 0 Å². The minimum absolute atomic E-state index is 0.672. The van der Waals surface area contributed by atoms with Crippen LogP contribution in [-0.4, -0.2) is 70.1 Å². The van der Waals surface area contributed by atoms with Crippen LogP contribution in [0.1, 0.15) is 5.69 Å². The maximum Gasteiger partial charge on any atom is 0.225 e. The van der Waals surface area contributed by atoms with Crippen molar-refractivity contribution in [1.29, 1.82) is 0 Å². The van der Waals surface area contributed by atoms with Gasteiger partial charge in [0.2, 0.25) is 5.95 Å². The van der Waals surface area contributed by atoms with Crippen LogP contribution in [0.3, 0.4) is 0 Å². The molecule has 2 aromatic rings. The summed E-state index contributed by atoms with van der Waals surface area (Å²) in [6, 6.07) is 2.53. The van der Waals surface area contributed by atoms with Crippen molar-refractivity contribution < 1.29 is 4.42 Å². The summed E-state index contributed by atoms with van der Waals surface area (Å²) in [6.45, 7) is 7.31. The molecule has 116 valence electrons. The Balaban J connectivity index is 1.24. The molecule has 2 aromatic heterocycles. The van der Waals surface area contributed by atoms with Crippen LogP contribution in [-0.2, 0) is 6.54 Å². The molecule has 0 unspecified atom stereocenters. The molecule has 0 atom stereocenters. The third-order valence-corrected chi connectivity index (χ3v) is 4.47.